The van der Waals surface area contributed by atoms with Crippen LogP contribution in [0.2, 0.25) is 0 Å². The fourth-order valence-corrected chi connectivity index (χ4v) is 5.04. The van der Waals surface area contributed by atoms with Crippen molar-refractivity contribution in [3.63, 3.8) is 0 Å². The lowest BCUT2D eigenvalue weighted by Gasteiger charge is -2.13. The van der Waals surface area contributed by atoms with Crippen LogP contribution in [0.25, 0.3) is 15.9 Å². The monoisotopic (exact) mass is 453 g/mol. The summed E-state index contributed by atoms with van der Waals surface area (Å²) in [4.78, 5) is 31.4. The van der Waals surface area contributed by atoms with Gasteiger partial charge in [0.1, 0.15) is 4.70 Å². The summed E-state index contributed by atoms with van der Waals surface area (Å²) in [6.07, 6.45) is 1.99. The molecule has 0 saturated carbocycles. The Morgan fingerprint density at radius 3 is 2.80 bits per heavy atom. The molecule has 0 atom stereocenters. The van der Waals surface area contributed by atoms with Gasteiger partial charge in [0, 0.05) is 10.6 Å². The molecule has 5 nitrogen and oxygen atoms in total. The Morgan fingerprint density at radius 1 is 1.17 bits per heavy atom. The first-order chi connectivity index (χ1) is 14.5. The molecule has 1 N–H and O–H groups in total. The molecule has 0 spiro atoms. The van der Waals surface area contributed by atoms with Gasteiger partial charge in [-0.2, -0.15) is 0 Å². The van der Waals surface area contributed by atoms with Gasteiger partial charge in [0.2, 0.25) is 5.91 Å². The minimum Gasteiger partial charge on any atom is -0.325 e. The maximum atomic E-state index is 13.1. The molecule has 0 aliphatic carbocycles. The van der Waals surface area contributed by atoms with E-state index in [4.69, 9.17) is 0 Å². The van der Waals surface area contributed by atoms with Gasteiger partial charge in [-0.05, 0) is 60.5 Å². The molecule has 0 radical (unpaired) electrons. The predicted molar refractivity (Wildman–Crippen MR) is 128 cm³/mol. The quantitative estimate of drug-likeness (QED) is 0.321. The first kappa shape index (κ1) is 20.7. The summed E-state index contributed by atoms with van der Waals surface area (Å²) in [6.45, 7) is 1.98. The first-order valence-electron chi connectivity index (χ1n) is 9.19. The highest BCUT2D eigenvalue weighted by Crippen LogP contribution is 2.25. The average Bonchev–Trinajstić information content (AvgIpc) is 3.21. The van der Waals surface area contributed by atoms with Gasteiger partial charge in [0.05, 0.1) is 17.0 Å². The summed E-state index contributed by atoms with van der Waals surface area (Å²) in [7, 11) is 0. The van der Waals surface area contributed by atoms with Crippen molar-refractivity contribution in [1.82, 2.24) is 9.55 Å². The molecule has 2 aromatic heterocycles. The zero-order chi connectivity index (χ0) is 21.1. The zero-order valence-corrected chi connectivity index (χ0v) is 18.9. The molecule has 0 fully saturated rings. The molecule has 4 rings (SSSR count). The Labute approximate surface area is 186 Å². The highest BCUT2D eigenvalue weighted by molar-refractivity contribution is 7.99. The molecule has 2 heterocycles. The van der Waals surface area contributed by atoms with Crippen LogP contribution in [0.5, 0.6) is 0 Å². The normalized spacial score (nSPS) is 11.0. The Morgan fingerprint density at radius 2 is 2.00 bits per heavy atom. The van der Waals surface area contributed by atoms with E-state index in [0.717, 1.165) is 21.8 Å². The van der Waals surface area contributed by atoms with Crippen LogP contribution in [0.15, 0.2) is 74.8 Å². The highest BCUT2D eigenvalue weighted by Gasteiger charge is 2.16. The largest absolute Gasteiger partial charge is 0.325 e. The summed E-state index contributed by atoms with van der Waals surface area (Å²) >= 11 is 4.26. The Kier molecular flexibility index (Phi) is 6.26. The number of nitrogens with zero attached hydrogens (tertiary/aromatic N) is 2. The van der Waals surface area contributed by atoms with E-state index in [2.05, 4.69) is 10.3 Å². The van der Waals surface area contributed by atoms with E-state index in [9.17, 15) is 9.59 Å². The van der Waals surface area contributed by atoms with Gasteiger partial charge in [-0.1, -0.05) is 30.0 Å². The summed E-state index contributed by atoms with van der Waals surface area (Å²) < 4.78 is 2.21. The van der Waals surface area contributed by atoms with Crippen LogP contribution >= 0.6 is 34.9 Å². The number of aryl methyl sites for hydroxylation is 1. The molecular weight excluding hydrogens is 434 g/mol. The number of carbonyl (C=O) groups excluding carboxylic acids is 1. The van der Waals surface area contributed by atoms with Crippen molar-refractivity contribution in [3.8, 4) is 5.69 Å². The molecule has 1 amide bonds. The van der Waals surface area contributed by atoms with Crippen LogP contribution in [-0.4, -0.2) is 27.5 Å². The van der Waals surface area contributed by atoms with Crippen LogP contribution < -0.4 is 10.9 Å². The number of anilines is 1. The topological polar surface area (TPSA) is 64.0 Å². The number of fused-ring (bicyclic) bond motifs is 1. The van der Waals surface area contributed by atoms with E-state index in [-0.39, 0.29) is 17.2 Å². The average molecular weight is 454 g/mol. The van der Waals surface area contributed by atoms with Crippen molar-refractivity contribution in [2.24, 2.45) is 0 Å². The van der Waals surface area contributed by atoms with E-state index in [1.54, 1.807) is 16.3 Å². The summed E-state index contributed by atoms with van der Waals surface area (Å²) in [6, 6.07) is 17.3. The summed E-state index contributed by atoms with van der Waals surface area (Å²) in [5.74, 6) is 0.00548. The number of benzene rings is 2. The first-order valence-corrected chi connectivity index (χ1v) is 12.3. The standard InChI is InChI=1S/C22H19N3O2S3/c1-14-5-3-7-16(11-14)25-21(27)20-18(9-10-29-20)24-22(25)30-13-19(26)23-15-6-4-8-17(12-15)28-2/h3-12H,13H2,1-2H3,(H,23,26). The number of rotatable bonds is 6. The maximum Gasteiger partial charge on any atom is 0.276 e. The van der Waals surface area contributed by atoms with Gasteiger partial charge in [-0.3, -0.25) is 14.2 Å². The third-order valence-electron chi connectivity index (χ3n) is 4.39. The summed E-state index contributed by atoms with van der Waals surface area (Å²) in [5.41, 5.74) is 3.09. The van der Waals surface area contributed by atoms with E-state index in [1.165, 1.54) is 23.1 Å². The maximum absolute atomic E-state index is 13.1. The molecule has 8 heteroatoms. The Bertz CT molecular complexity index is 1280. The third-order valence-corrected chi connectivity index (χ3v) is 6.95. The molecule has 0 bridgehead atoms. The second-order valence-corrected chi connectivity index (χ2v) is 9.32. The second-order valence-electron chi connectivity index (χ2n) is 6.58. The van der Waals surface area contributed by atoms with E-state index in [0.29, 0.717) is 15.4 Å². The lowest BCUT2D eigenvalue weighted by Crippen LogP contribution is -2.22. The van der Waals surface area contributed by atoms with Gasteiger partial charge in [-0.15, -0.1) is 23.1 Å². The number of amides is 1. The molecule has 152 valence electrons. The van der Waals surface area contributed by atoms with Crippen LogP contribution in [0, 0.1) is 6.92 Å². The lowest BCUT2D eigenvalue weighted by molar-refractivity contribution is -0.113. The second kappa shape index (κ2) is 9.07. The number of thiophene rings is 1. The SMILES string of the molecule is CSc1cccc(NC(=O)CSc2nc3ccsc3c(=O)n2-c2cccc(C)c2)c1. The van der Waals surface area contributed by atoms with Gasteiger partial charge in [-0.25, -0.2) is 4.98 Å². The zero-order valence-electron chi connectivity index (χ0n) is 16.4. The number of nitrogens with one attached hydrogen (secondary N) is 1. The lowest BCUT2D eigenvalue weighted by atomic mass is 10.2. The van der Waals surface area contributed by atoms with Crippen molar-refractivity contribution in [2.45, 2.75) is 17.0 Å². The van der Waals surface area contributed by atoms with Crippen LogP contribution in [0.4, 0.5) is 5.69 Å². The van der Waals surface area contributed by atoms with Gasteiger partial charge in [0.15, 0.2) is 5.16 Å². The number of thioether (sulfide) groups is 2. The fraction of sp³-hybridized carbons (Fsp3) is 0.136. The number of carbonyl (C=O) groups is 1. The predicted octanol–water partition coefficient (Wildman–Crippen LogP) is 5.21. The minimum atomic E-state index is -0.145. The molecule has 2 aromatic carbocycles. The van der Waals surface area contributed by atoms with E-state index < -0.39 is 0 Å². The van der Waals surface area contributed by atoms with Crippen molar-refractivity contribution >= 4 is 56.7 Å². The van der Waals surface area contributed by atoms with Crippen molar-refractivity contribution in [1.29, 1.82) is 0 Å². The molecule has 0 unspecified atom stereocenters. The van der Waals surface area contributed by atoms with Gasteiger partial charge < -0.3 is 5.32 Å². The fourth-order valence-electron chi connectivity index (χ4n) is 3.01. The smallest absolute Gasteiger partial charge is 0.276 e. The van der Waals surface area contributed by atoms with Crippen LogP contribution in [0.1, 0.15) is 5.56 Å². The van der Waals surface area contributed by atoms with Crippen molar-refractivity contribution in [2.75, 3.05) is 17.3 Å². The third kappa shape index (κ3) is 4.45. The molecule has 0 aliphatic rings. The van der Waals surface area contributed by atoms with Gasteiger partial charge in [0.25, 0.3) is 5.56 Å². The number of hydrogen-bond acceptors (Lipinski definition) is 6. The molecule has 4 aromatic rings. The van der Waals surface area contributed by atoms with Gasteiger partial charge >= 0.3 is 0 Å². The number of aromatic nitrogens is 2. The van der Waals surface area contributed by atoms with Crippen LogP contribution in [0.3, 0.4) is 0 Å². The molecule has 0 saturated heterocycles. The Hall–Kier alpha value is -2.55. The van der Waals surface area contributed by atoms with Crippen LogP contribution in [-0.2, 0) is 4.79 Å². The molecule has 0 aliphatic heterocycles. The van der Waals surface area contributed by atoms with Crippen molar-refractivity contribution < 1.29 is 4.79 Å². The number of hydrogen-bond donors (Lipinski definition) is 1. The van der Waals surface area contributed by atoms with E-state index in [1.807, 2.05) is 73.2 Å². The molecule has 30 heavy (non-hydrogen) atoms. The highest BCUT2D eigenvalue weighted by atomic mass is 32.2. The van der Waals surface area contributed by atoms with E-state index >= 15 is 0 Å². The molecular formula is C22H19N3O2S3. The summed E-state index contributed by atoms with van der Waals surface area (Å²) in [5, 5.41) is 5.28. The Balaban J connectivity index is 1.62. The minimum absolute atomic E-state index is 0.115. The van der Waals surface area contributed by atoms with Crippen molar-refractivity contribution in [3.05, 3.63) is 75.9 Å².